The SMILES string of the molecule is CC(C)Cn1cc(-c2cn[nH]c2)c2ccc(-c3ccccc3)cc21. The van der Waals surface area contributed by atoms with Crippen molar-refractivity contribution < 1.29 is 0 Å². The molecule has 0 bridgehead atoms. The zero-order chi connectivity index (χ0) is 16.5. The number of benzene rings is 2. The van der Waals surface area contributed by atoms with E-state index in [1.54, 1.807) is 0 Å². The average Bonchev–Trinajstić information content (AvgIpc) is 3.23. The Morgan fingerprint density at radius 3 is 2.54 bits per heavy atom. The summed E-state index contributed by atoms with van der Waals surface area (Å²) in [6, 6.07) is 17.3. The van der Waals surface area contributed by atoms with Gasteiger partial charge < -0.3 is 4.57 Å². The molecule has 0 fully saturated rings. The van der Waals surface area contributed by atoms with Gasteiger partial charge in [-0.3, -0.25) is 5.10 Å². The zero-order valence-corrected chi connectivity index (χ0v) is 14.0. The third kappa shape index (κ3) is 2.62. The van der Waals surface area contributed by atoms with Crippen LogP contribution in [0.25, 0.3) is 33.2 Å². The highest BCUT2D eigenvalue weighted by Gasteiger charge is 2.13. The minimum absolute atomic E-state index is 0.596. The van der Waals surface area contributed by atoms with E-state index >= 15 is 0 Å². The van der Waals surface area contributed by atoms with Gasteiger partial charge in [-0.25, -0.2) is 0 Å². The van der Waals surface area contributed by atoms with Gasteiger partial charge in [0.2, 0.25) is 0 Å². The van der Waals surface area contributed by atoms with Crippen LogP contribution in [0.2, 0.25) is 0 Å². The van der Waals surface area contributed by atoms with Crippen molar-refractivity contribution in [2.45, 2.75) is 20.4 Å². The van der Waals surface area contributed by atoms with Gasteiger partial charge in [-0.15, -0.1) is 0 Å². The molecular formula is C21H21N3. The van der Waals surface area contributed by atoms with Crippen LogP contribution < -0.4 is 0 Å². The molecule has 3 heteroatoms. The van der Waals surface area contributed by atoms with Crippen molar-refractivity contribution >= 4 is 10.9 Å². The first kappa shape index (κ1) is 14.8. The van der Waals surface area contributed by atoms with Crippen LogP contribution in [-0.4, -0.2) is 14.8 Å². The van der Waals surface area contributed by atoms with E-state index in [0.29, 0.717) is 5.92 Å². The molecular weight excluding hydrogens is 294 g/mol. The van der Waals surface area contributed by atoms with Crippen LogP contribution in [0.5, 0.6) is 0 Å². The van der Waals surface area contributed by atoms with Gasteiger partial charge in [0.25, 0.3) is 0 Å². The van der Waals surface area contributed by atoms with Gasteiger partial charge in [0, 0.05) is 41.0 Å². The standard InChI is InChI=1S/C21H21N3/c1-15(2)13-24-14-20(18-11-22-23-12-18)19-9-8-17(10-21(19)24)16-6-4-3-5-7-16/h3-12,14-15H,13H2,1-2H3,(H,22,23). The summed E-state index contributed by atoms with van der Waals surface area (Å²) in [5, 5.41) is 8.30. The molecule has 0 aliphatic carbocycles. The molecule has 4 rings (SSSR count). The van der Waals surface area contributed by atoms with E-state index in [9.17, 15) is 0 Å². The lowest BCUT2D eigenvalue weighted by molar-refractivity contribution is 0.535. The second-order valence-corrected chi connectivity index (χ2v) is 6.67. The summed E-state index contributed by atoms with van der Waals surface area (Å²) < 4.78 is 2.37. The predicted molar refractivity (Wildman–Crippen MR) is 99.8 cm³/mol. The van der Waals surface area contributed by atoms with Crippen LogP contribution >= 0.6 is 0 Å². The first-order chi connectivity index (χ1) is 11.7. The lowest BCUT2D eigenvalue weighted by Crippen LogP contribution is -2.02. The smallest absolute Gasteiger partial charge is 0.0566 e. The number of H-pyrrole nitrogens is 1. The van der Waals surface area contributed by atoms with Crippen molar-refractivity contribution in [3.63, 3.8) is 0 Å². The summed E-state index contributed by atoms with van der Waals surface area (Å²) in [4.78, 5) is 0. The van der Waals surface area contributed by atoms with E-state index in [1.165, 1.54) is 27.6 Å². The van der Waals surface area contributed by atoms with E-state index < -0.39 is 0 Å². The minimum Gasteiger partial charge on any atom is -0.347 e. The summed E-state index contributed by atoms with van der Waals surface area (Å²) in [5.74, 6) is 0.596. The molecule has 1 N–H and O–H groups in total. The Morgan fingerprint density at radius 2 is 1.83 bits per heavy atom. The Hall–Kier alpha value is -2.81. The van der Waals surface area contributed by atoms with Crippen LogP contribution in [0, 0.1) is 5.92 Å². The number of nitrogens with zero attached hydrogens (tertiary/aromatic N) is 2. The van der Waals surface area contributed by atoms with Crippen LogP contribution in [0.4, 0.5) is 0 Å². The Morgan fingerprint density at radius 1 is 1.00 bits per heavy atom. The molecule has 120 valence electrons. The number of aromatic amines is 1. The number of rotatable bonds is 4. The summed E-state index contributed by atoms with van der Waals surface area (Å²) in [7, 11) is 0. The third-order valence-corrected chi connectivity index (χ3v) is 4.36. The number of aromatic nitrogens is 3. The van der Waals surface area contributed by atoms with Gasteiger partial charge in [-0.1, -0.05) is 56.3 Å². The van der Waals surface area contributed by atoms with Crippen molar-refractivity contribution in [2.24, 2.45) is 5.92 Å². The second-order valence-electron chi connectivity index (χ2n) is 6.67. The van der Waals surface area contributed by atoms with Gasteiger partial charge >= 0.3 is 0 Å². The van der Waals surface area contributed by atoms with E-state index in [2.05, 4.69) is 83.3 Å². The van der Waals surface area contributed by atoms with E-state index in [4.69, 9.17) is 0 Å². The quantitative estimate of drug-likeness (QED) is 0.541. The Labute approximate surface area is 142 Å². The van der Waals surface area contributed by atoms with Gasteiger partial charge in [-0.05, 0) is 23.1 Å². The summed E-state index contributed by atoms with van der Waals surface area (Å²) >= 11 is 0. The van der Waals surface area contributed by atoms with E-state index in [0.717, 1.165) is 12.1 Å². The van der Waals surface area contributed by atoms with Crippen LogP contribution in [-0.2, 0) is 6.54 Å². The molecule has 0 amide bonds. The van der Waals surface area contributed by atoms with Crippen molar-refractivity contribution in [3.8, 4) is 22.3 Å². The maximum Gasteiger partial charge on any atom is 0.0566 e. The molecule has 0 unspecified atom stereocenters. The fourth-order valence-corrected chi connectivity index (χ4v) is 3.27. The van der Waals surface area contributed by atoms with Gasteiger partial charge in [-0.2, -0.15) is 5.10 Å². The molecule has 2 aromatic carbocycles. The maximum atomic E-state index is 4.11. The molecule has 0 radical (unpaired) electrons. The highest BCUT2D eigenvalue weighted by atomic mass is 15.1. The fraction of sp³-hybridized carbons (Fsp3) is 0.190. The number of hydrogen-bond donors (Lipinski definition) is 1. The Kier molecular flexibility index (Phi) is 3.69. The molecule has 4 aromatic rings. The maximum absolute atomic E-state index is 4.11. The number of hydrogen-bond acceptors (Lipinski definition) is 1. The van der Waals surface area contributed by atoms with Gasteiger partial charge in [0.15, 0.2) is 0 Å². The molecule has 0 saturated carbocycles. The Balaban J connectivity index is 1.91. The normalized spacial score (nSPS) is 11.5. The van der Waals surface area contributed by atoms with E-state index in [-0.39, 0.29) is 0 Å². The Bertz CT molecular complexity index is 948. The third-order valence-electron chi connectivity index (χ3n) is 4.36. The minimum atomic E-state index is 0.596. The molecule has 0 saturated heterocycles. The molecule has 3 nitrogen and oxygen atoms in total. The second kappa shape index (κ2) is 6.00. The first-order valence-electron chi connectivity index (χ1n) is 8.40. The molecule has 2 heterocycles. The molecule has 2 aromatic heterocycles. The van der Waals surface area contributed by atoms with Crippen LogP contribution in [0.15, 0.2) is 67.1 Å². The molecule has 0 spiro atoms. The zero-order valence-electron chi connectivity index (χ0n) is 14.0. The lowest BCUT2D eigenvalue weighted by atomic mass is 10.0. The van der Waals surface area contributed by atoms with Crippen molar-refractivity contribution in [1.29, 1.82) is 0 Å². The van der Waals surface area contributed by atoms with E-state index in [1.807, 2.05) is 12.4 Å². The predicted octanol–water partition coefficient (Wildman–Crippen LogP) is 5.35. The van der Waals surface area contributed by atoms with Crippen LogP contribution in [0.3, 0.4) is 0 Å². The van der Waals surface area contributed by atoms with Gasteiger partial charge in [0.05, 0.1) is 6.20 Å². The van der Waals surface area contributed by atoms with Gasteiger partial charge in [0.1, 0.15) is 0 Å². The monoisotopic (exact) mass is 315 g/mol. The topological polar surface area (TPSA) is 33.6 Å². The fourth-order valence-electron chi connectivity index (χ4n) is 3.27. The summed E-state index contributed by atoms with van der Waals surface area (Å²) in [6.07, 6.45) is 6.10. The van der Waals surface area contributed by atoms with Crippen molar-refractivity contribution in [3.05, 3.63) is 67.1 Å². The van der Waals surface area contributed by atoms with Crippen LogP contribution in [0.1, 0.15) is 13.8 Å². The highest BCUT2D eigenvalue weighted by Crippen LogP contribution is 2.33. The molecule has 0 atom stereocenters. The first-order valence-corrected chi connectivity index (χ1v) is 8.40. The number of nitrogens with one attached hydrogen (secondary N) is 1. The van der Waals surface area contributed by atoms with Crippen molar-refractivity contribution in [1.82, 2.24) is 14.8 Å². The number of fused-ring (bicyclic) bond motifs is 1. The summed E-state index contributed by atoms with van der Waals surface area (Å²) in [5.41, 5.74) is 6.15. The average molecular weight is 315 g/mol. The largest absolute Gasteiger partial charge is 0.347 e. The van der Waals surface area contributed by atoms with Crippen molar-refractivity contribution in [2.75, 3.05) is 0 Å². The molecule has 24 heavy (non-hydrogen) atoms. The summed E-state index contributed by atoms with van der Waals surface area (Å²) in [6.45, 7) is 5.52. The molecule has 0 aliphatic heterocycles. The lowest BCUT2D eigenvalue weighted by Gasteiger charge is -2.09. The highest BCUT2D eigenvalue weighted by molar-refractivity contribution is 5.97. The molecule has 0 aliphatic rings.